The van der Waals surface area contributed by atoms with E-state index < -0.39 is 24.2 Å². The molecule has 0 aromatic rings. The van der Waals surface area contributed by atoms with Crippen molar-refractivity contribution in [3.8, 4) is 0 Å². The van der Waals surface area contributed by atoms with Crippen LogP contribution in [0.3, 0.4) is 0 Å². The zero-order valence-corrected chi connectivity index (χ0v) is 11.6. The molecule has 1 rings (SSSR count). The SMILES string of the molecule is CC(CC(F)(F)F)NC(=O)C(C)(C)N1CCNCC1. The highest BCUT2D eigenvalue weighted by Gasteiger charge is 2.37. The average Bonchev–Trinajstić information content (AvgIpc) is 2.27. The molecule has 1 unspecified atom stereocenters. The standard InChI is InChI=1S/C12H22F3N3O/c1-9(8-12(13,14)15)17-10(19)11(2,3)18-6-4-16-5-7-18/h9,16H,4-8H2,1-3H3,(H,17,19). The predicted molar refractivity (Wildman–Crippen MR) is 66.8 cm³/mol. The van der Waals surface area contributed by atoms with Crippen molar-refractivity contribution in [2.75, 3.05) is 26.2 Å². The maximum Gasteiger partial charge on any atom is 0.391 e. The zero-order valence-electron chi connectivity index (χ0n) is 11.6. The second-order valence-electron chi connectivity index (χ2n) is 5.49. The fourth-order valence-corrected chi connectivity index (χ4v) is 2.17. The first-order valence-corrected chi connectivity index (χ1v) is 6.46. The van der Waals surface area contributed by atoms with Crippen LogP contribution in [-0.4, -0.2) is 54.7 Å². The number of halogens is 3. The number of nitrogens with one attached hydrogen (secondary N) is 2. The Labute approximate surface area is 111 Å². The topological polar surface area (TPSA) is 44.4 Å². The van der Waals surface area contributed by atoms with Crippen LogP contribution in [0.4, 0.5) is 13.2 Å². The summed E-state index contributed by atoms with van der Waals surface area (Å²) in [5.74, 6) is -0.355. The molecule has 1 fully saturated rings. The molecule has 1 aliphatic heterocycles. The van der Waals surface area contributed by atoms with E-state index in [4.69, 9.17) is 0 Å². The molecule has 0 radical (unpaired) electrons. The molecule has 2 N–H and O–H groups in total. The number of piperazine rings is 1. The van der Waals surface area contributed by atoms with Crippen molar-refractivity contribution in [2.45, 2.75) is 44.9 Å². The summed E-state index contributed by atoms with van der Waals surface area (Å²) in [5.41, 5.74) is -0.790. The summed E-state index contributed by atoms with van der Waals surface area (Å²) in [7, 11) is 0. The smallest absolute Gasteiger partial charge is 0.352 e. The Morgan fingerprint density at radius 3 is 2.32 bits per heavy atom. The number of nitrogens with zero attached hydrogens (tertiary/aromatic N) is 1. The third-order valence-corrected chi connectivity index (χ3v) is 3.38. The van der Waals surface area contributed by atoms with Crippen LogP contribution < -0.4 is 10.6 Å². The van der Waals surface area contributed by atoms with E-state index in [1.54, 1.807) is 13.8 Å². The van der Waals surface area contributed by atoms with E-state index in [0.717, 1.165) is 13.1 Å². The number of carbonyl (C=O) groups excluding carboxylic acids is 1. The third kappa shape index (κ3) is 4.99. The molecule has 0 aromatic heterocycles. The van der Waals surface area contributed by atoms with Gasteiger partial charge in [-0.25, -0.2) is 0 Å². The van der Waals surface area contributed by atoms with Crippen LogP contribution >= 0.6 is 0 Å². The maximum atomic E-state index is 12.2. The predicted octanol–water partition coefficient (Wildman–Crippen LogP) is 1.13. The molecule has 0 spiro atoms. The number of carbonyl (C=O) groups is 1. The van der Waals surface area contributed by atoms with Crippen LogP contribution in [-0.2, 0) is 4.79 Å². The highest BCUT2D eigenvalue weighted by molar-refractivity contribution is 5.85. The van der Waals surface area contributed by atoms with Crippen molar-refractivity contribution in [1.29, 1.82) is 0 Å². The van der Waals surface area contributed by atoms with E-state index in [9.17, 15) is 18.0 Å². The van der Waals surface area contributed by atoms with Crippen LogP contribution in [0.5, 0.6) is 0 Å². The van der Waals surface area contributed by atoms with Crippen LogP contribution in [0.2, 0.25) is 0 Å². The Balaban J connectivity index is 2.55. The monoisotopic (exact) mass is 281 g/mol. The van der Waals surface area contributed by atoms with Gasteiger partial charge in [-0.15, -0.1) is 0 Å². The van der Waals surface area contributed by atoms with Gasteiger partial charge in [-0.1, -0.05) is 0 Å². The van der Waals surface area contributed by atoms with Gasteiger partial charge >= 0.3 is 6.18 Å². The summed E-state index contributed by atoms with van der Waals surface area (Å²) in [6.07, 6.45) is -5.26. The fraction of sp³-hybridized carbons (Fsp3) is 0.917. The average molecular weight is 281 g/mol. The summed E-state index contributed by atoms with van der Waals surface area (Å²) >= 11 is 0. The molecular formula is C12H22F3N3O. The largest absolute Gasteiger partial charge is 0.391 e. The van der Waals surface area contributed by atoms with Crippen molar-refractivity contribution < 1.29 is 18.0 Å². The number of alkyl halides is 3. The van der Waals surface area contributed by atoms with Crippen molar-refractivity contribution >= 4 is 5.91 Å². The fourth-order valence-electron chi connectivity index (χ4n) is 2.17. The van der Waals surface area contributed by atoms with Gasteiger partial charge < -0.3 is 10.6 Å². The van der Waals surface area contributed by atoms with Gasteiger partial charge in [-0.3, -0.25) is 9.69 Å². The van der Waals surface area contributed by atoms with Gasteiger partial charge in [0.25, 0.3) is 0 Å². The van der Waals surface area contributed by atoms with Crippen molar-refractivity contribution in [2.24, 2.45) is 0 Å². The van der Waals surface area contributed by atoms with E-state index in [2.05, 4.69) is 10.6 Å². The van der Waals surface area contributed by atoms with Crippen molar-refractivity contribution in [1.82, 2.24) is 15.5 Å². The van der Waals surface area contributed by atoms with E-state index >= 15 is 0 Å². The van der Waals surface area contributed by atoms with Gasteiger partial charge in [-0.05, 0) is 20.8 Å². The molecule has 1 aliphatic rings. The molecule has 0 saturated carbocycles. The van der Waals surface area contributed by atoms with E-state index in [1.807, 2.05) is 4.90 Å². The highest BCUT2D eigenvalue weighted by atomic mass is 19.4. The molecule has 19 heavy (non-hydrogen) atoms. The van der Waals surface area contributed by atoms with Gasteiger partial charge in [0, 0.05) is 32.2 Å². The molecule has 0 bridgehead atoms. The van der Waals surface area contributed by atoms with Gasteiger partial charge in [0.1, 0.15) is 0 Å². The lowest BCUT2D eigenvalue weighted by molar-refractivity contribution is -0.144. The molecule has 1 heterocycles. The molecule has 0 aromatic carbocycles. The zero-order chi connectivity index (χ0) is 14.7. The summed E-state index contributed by atoms with van der Waals surface area (Å²) < 4.78 is 36.7. The van der Waals surface area contributed by atoms with E-state index in [1.165, 1.54) is 6.92 Å². The molecule has 112 valence electrons. The second-order valence-corrected chi connectivity index (χ2v) is 5.49. The first-order valence-electron chi connectivity index (χ1n) is 6.46. The minimum Gasteiger partial charge on any atom is -0.352 e. The molecular weight excluding hydrogens is 259 g/mol. The quantitative estimate of drug-likeness (QED) is 0.812. The Hall–Kier alpha value is -0.820. The second kappa shape index (κ2) is 6.09. The summed E-state index contributed by atoms with van der Waals surface area (Å²) in [6.45, 7) is 7.87. The summed E-state index contributed by atoms with van der Waals surface area (Å²) in [6, 6.07) is -0.908. The molecule has 1 atom stereocenters. The molecule has 1 amide bonds. The van der Waals surface area contributed by atoms with Crippen LogP contribution in [0.25, 0.3) is 0 Å². The van der Waals surface area contributed by atoms with E-state index in [-0.39, 0.29) is 5.91 Å². The lowest BCUT2D eigenvalue weighted by Crippen LogP contribution is -2.61. The van der Waals surface area contributed by atoms with Gasteiger partial charge in [0.05, 0.1) is 12.0 Å². The lowest BCUT2D eigenvalue weighted by Gasteiger charge is -2.40. The normalized spacial score (nSPS) is 20.1. The Morgan fingerprint density at radius 2 is 1.84 bits per heavy atom. The molecule has 0 aliphatic carbocycles. The molecule has 1 saturated heterocycles. The molecule has 7 heteroatoms. The van der Waals surface area contributed by atoms with Gasteiger partial charge in [-0.2, -0.15) is 13.2 Å². The first-order chi connectivity index (χ1) is 8.63. The summed E-state index contributed by atoms with van der Waals surface area (Å²) in [4.78, 5) is 14.1. The maximum absolute atomic E-state index is 12.2. The van der Waals surface area contributed by atoms with Crippen LogP contribution in [0.1, 0.15) is 27.2 Å². The van der Waals surface area contributed by atoms with Crippen LogP contribution in [0, 0.1) is 0 Å². The lowest BCUT2D eigenvalue weighted by atomic mass is 9.99. The number of rotatable bonds is 4. The minimum absolute atomic E-state index is 0.355. The molecule has 4 nitrogen and oxygen atoms in total. The first kappa shape index (κ1) is 16.2. The Bertz CT molecular complexity index is 312. The Kier molecular flexibility index (Phi) is 5.20. The summed E-state index contributed by atoms with van der Waals surface area (Å²) in [5, 5.41) is 5.63. The third-order valence-electron chi connectivity index (χ3n) is 3.38. The number of hydrogen-bond donors (Lipinski definition) is 2. The minimum atomic E-state index is -4.26. The number of amides is 1. The van der Waals surface area contributed by atoms with Gasteiger partial charge in [0.15, 0.2) is 0 Å². The van der Waals surface area contributed by atoms with Crippen molar-refractivity contribution in [3.63, 3.8) is 0 Å². The highest BCUT2D eigenvalue weighted by Crippen LogP contribution is 2.22. The van der Waals surface area contributed by atoms with Crippen LogP contribution in [0.15, 0.2) is 0 Å². The number of hydrogen-bond acceptors (Lipinski definition) is 3. The van der Waals surface area contributed by atoms with E-state index in [0.29, 0.717) is 13.1 Å². The van der Waals surface area contributed by atoms with Gasteiger partial charge in [0.2, 0.25) is 5.91 Å². The Morgan fingerprint density at radius 1 is 1.32 bits per heavy atom. The van der Waals surface area contributed by atoms with Crippen molar-refractivity contribution in [3.05, 3.63) is 0 Å².